The van der Waals surface area contributed by atoms with Crippen LogP contribution in [0.2, 0.25) is 0 Å². The zero-order valence-corrected chi connectivity index (χ0v) is 15.5. The maximum absolute atomic E-state index is 11.8. The summed E-state index contributed by atoms with van der Waals surface area (Å²) in [5.74, 6) is 1.02. The number of aliphatic hydroxyl groups excluding tert-OH is 1. The molecule has 0 aliphatic heterocycles. The van der Waals surface area contributed by atoms with Crippen LogP contribution in [0.5, 0.6) is 11.5 Å². The van der Waals surface area contributed by atoms with E-state index in [0.29, 0.717) is 28.2 Å². The predicted octanol–water partition coefficient (Wildman–Crippen LogP) is 5.09. The number of allylic oxidation sites excluding steroid dienone is 3. The van der Waals surface area contributed by atoms with Crippen LogP contribution in [-0.2, 0) is 4.79 Å². The molecule has 0 atom stereocenters. The van der Waals surface area contributed by atoms with Crippen LogP contribution in [0, 0.1) is 0 Å². The van der Waals surface area contributed by atoms with E-state index in [1.165, 1.54) is 6.92 Å². The van der Waals surface area contributed by atoms with E-state index in [9.17, 15) is 9.90 Å². The van der Waals surface area contributed by atoms with E-state index in [1.807, 2.05) is 25.1 Å². The van der Waals surface area contributed by atoms with E-state index in [1.54, 1.807) is 21.1 Å². The number of Topliss-reactive ketones (excluding diaryl/α,β-unsaturated/α-hetero) is 1. The van der Waals surface area contributed by atoms with Crippen molar-refractivity contribution in [3.05, 3.63) is 40.7 Å². The molecule has 0 unspecified atom stereocenters. The number of ketones is 1. The molecule has 0 aliphatic rings. The number of methoxy groups -OCH3 is 2. The van der Waals surface area contributed by atoms with E-state index in [4.69, 9.17) is 9.47 Å². The van der Waals surface area contributed by atoms with Gasteiger partial charge in [0.15, 0.2) is 5.78 Å². The third-order valence-corrected chi connectivity index (χ3v) is 4.13. The number of hydrogen-bond acceptors (Lipinski definition) is 4. The molecular formula is C20H28O4. The number of unbranched alkanes of at least 4 members (excludes halogenated alkanes) is 1. The minimum absolute atomic E-state index is 0.0149. The number of hydrogen-bond donors (Lipinski definition) is 1. The Labute approximate surface area is 144 Å². The Morgan fingerprint density at radius 3 is 2.04 bits per heavy atom. The van der Waals surface area contributed by atoms with Crippen molar-refractivity contribution < 1.29 is 19.4 Å². The Balaban J connectivity index is 3.74. The number of carbonyl (C=O) groups excluding carboxylic acids is 1. The van der Waals surface area contributed by atoms with E-state index in [2.05, 4.69) is 6.92 Å². The molecule has 0 fully saturated rings. The molecule has 1 aromatic carbocycles. The normalized spacial score (nSPS) is 13.1. The number of ether oxygens (including phenoxy) is 2. The summed E-state index contributed by atoms with van der Waals surface area (Å²) < 4.78 is 11.0. The lowest BCUT2D eigenvalue weighted by Crippen LogP contribution is -2.05. The second-order valence-corrected chi connectivity index (χ2v) is 5.83. The number of benzene rings is 1. The Bertz CT molecular complexity index is 631. The first-order valence-electron chi connectivity index (χ1n) is 8.21. The Hall–Kier alpha value is -2.23. The molecule has 4 heteroatoms. The average Bonchev–Trinajstić information content (AvgIpc) is 2.59. The first-order chi connectivity index (χ1) is 11.4. The van der Waals surface area contributed by atoms with Crippen LogP contribution >= 0.6 is 0 Å². The van der Waals surface area contributed by atoms with Gasteiger partial charge in [0.1, 0.15) is 17.3 Å². The van der Waals surface area contributed by atoms with Gasteiger partial charge < -0.3 is 14.6 Å². The lowest BCUT2D eigenvalue weighted by Gasteiger charge is -2.19. The summed E-state index contributed by atoms with van der Waals surface area (Å²) in [7, 11) is 3.16. The summed E-state index contributed by atoms with van der Waals surface area (Å²) in [6.45, 7) is 7.17. The standard InChI is InChI=1S/C20H28O4/c1-7-8-10-13(2)18(20(22)14(3)15(4)21)19-16(23-5)11-9-12-17(19)24-6/h9,11-12,22H,7-8,10H2,1-6H3/b18-13+,20-14+. The van der Waals surface area contributed by atoms with Crippen molar-refractivity contribution in [1.82, 2.24) is 0 Å². The second-order valence-electron chi connectivity index (χ2n) is 5.83. The largest absolute Gasteiger partial charge is 0.507 e. The third kappa shape index (κ3) is 4.40. The summed E-state index contributed by atoms with van der Waals surface area (Å²) in [6.07, 6.45) is 2.87. The highest BCUT2D eigenvalue weighted by atomic mass is 16.5. The Morgan fingerprint density at radius 2 is 1.62 bits per heavy atom. The third-order valence-electron chi connectivity index (χ3n) is 4.13. The van der Waals surface area contributed by atoms with Gasteiger partial charge in [0.05, 0.1) is 19.8 Å². The molecule has 0 saturated heterocycles. The molecule has 0 radical (unpaired) electrons. The van der Waals surface area contributed by atoms with Crippen LogP contribution in [0.1, 0.15) is 52.5 Å². The molecule has 1 rings (SSSR count). The van der Waals surface area contributed by atoms with Crippen molar-refractivity contribution in [2.75, 3.05) is 14.2 Å². The van der Waals surface area contributed by atoms with Crippen LogP contribution in [0.25, 0.3) is 5.57 Å². The summed E-state index contributed by atoms with van der Waals surface area (Å²) in [4.78, 5) is 11.8. The van der Waals surface area contributed by atoms with Crippen molar-refractivity contribution in [2.24, 2.45) is 0 Å². The van der Waals surface area contributed by atoms with E-state index in [0.717, 1.165) is 24.8 Å². The quantitative estimate of drug-likeness (QED) is 0.409. The van der Waals surface area contributed by atoms with Crippen LogP contribution in [0.3, 0.4) is 0 Å². The number of rotatable bonds is 8. The molecule has 4 nitrogen and oxygen atoms in total. The number of aliphatic hydroxyl groups is 1. The topological polar surface area (TPSA) is 55.8 Å². The van der Waals surface area contributed by atoms with E-state index < -0.39 is 0 Å². The summed E-state index contributed by atoms with van der Waals surface area (Å²) >= 11 is 0. The molecular weight excluding hydrogens is 304 g/mol. The van der Waals surface area contributed by atoms with Gasteiger partial charge in [0.25, 0.3) is 0 Å². The molecule has 132 valence electrons. The monoisotopic (exact) mass is 332 g/mol. The van der Waals surface area contributed by atoms with Gasteiger partial charge in [-0.3, -0.25) is 4.79 Å². The van der Waals surface area contributed by atoms with E-state index >= 15 is 0 Å². The van der Waals surface area contributed by atoms with Crippen molar-refractivity contribution in [1.29, 1.82) is 0 Å². The fourth-order valence-electron chi connectivity index (χ4n) is 2.55. The molecule has 0 saturated carbocycles. The molecule has 0 amide bonds. The van der Waals surface area contributed by atoms with Gasteiger partial charge in [-0.05, 0) is 45.7 Å². The predicted molar refractivity (Wildman–Crippen MR) is 97.7 cm³/mol. The van der Waals surface area contributed by atoms with Crippen molar-refractivity contribution in [3.8, 4) is 11.5 Å². The molecule has 1 N–H and O–H groups in total. The Morgan fingerprint density at radius 1 is 1.08 bits per heavy atom. The summed E-state index contributed by atoms with van der Waals surface area (Å²) in [6, 6.07) is 5.47. The number of carbonyl (C=O) groups is 1. The SMILES string of the molecule is CCCC/C(C)=C(/C(O)=C(/C)C(C)=O)c1c(OC)cccc1OC. The van der Waals surface area contributed by atoms with Crippen molar-refractivity contribution in [3.63, 3.8) is 0 Å². The molecule has 0 spiro atoms. The van der Waals surface area contributed by atoms with Gasteiger partial charge in [0, 0.05) is 11.1 Å². The summed E-state index contributed by atoms with van der Waals surface area (Å²) in [5.41, 5.74) is 2.62. The highest BCUT2D eigenvalue weighted by molar-refractivity contribution is 5.98. The molecule has 0 aromatic heterocycles. The summed E-state index contributed by atoms with van der Waals surface area (Å²) in [5, 5.41) is 10.8. The van der Waals surface area contributed by atoms with Gasteiger partial charge in [-0.1, -0.05) is 25.0 Å². The van der Waals surface area contributed by atoms with Crippen LogP contribution < -0.4 is 9.47 Å². The maximum atomic E-state index is 11.8. The molecule has 0 bridgehead atoms. The van der Waals surface area contributed by atoms with Crippen molar-refractivity contribution >= 4 is 11.4 Å². The van der Waals surface area contributed by atoms with Gasteiger partial charge in [-0.25, -0.2) is 0 Å². The van der Waals surface area contributed by atoms with Crippen LogP contribution in [0.4, 0.5) is 0 Å². The lowest BCUT2D eigenvalue weighted by molar-refractivity contribution is -0.113. The first-order valence-corrected chi connectivity index (χ1v) is 8.21. The minimum atomic E-state index is -0.165. The second kappa shape index (κ2) is 9.16. The van der Waals surface area contributed by atoms with E-state index in [-0.39, 0.29) is 11.5 Å². The van der Waals surface area contributed by atoms with Gasteiger partial charge in [-0.15, -0.1) is 0 Å². The van der Waals surface area contributed by atoms with Gasteiger partial charge in [0.2, 0.25) is 0 Å². The Kier molecular flexibility index (Phi) is 7.56. The lowest BCUT2D eigenvalue weighted by atomic mass is 9.92. The fourth-order valence-corrected chi connectivity index (χ4v) is 2.55. The molecule has 1 aromatic rings. The zero-order valence-electron chi connectivity index (χ0n) is 15.5. The molecule has 24 heavy (non-hydrogen) atoms. The maximum Gasteiger partial charge on any atom is 0.159 e. The molecule has 0 heterocycles. The average molecular weight is 332 g/mol. The van der Waals surface area contributed by atoms with Crippen molar-refractivity contribution in [2.45, 2.75) is 47.0 Å². The fraction of sp³-hybridized carbons (Fsp3) is 0.450. The van der Waals surface area contributed by atoms with Gasteiger partial charge >= 0.3 is 0 Å². The highest BCUT2D eigenvalue weighted by Crippen LogP contribution is 2.41. The smallest absolute Gasteiger partial charge is 0.159 e. The van der Waals surface area contributed by atoms with Crippen LogP contribution in [0.15, 0.2) is 35.1 Å². The van der Waals surface area contributed by atoms with Crippen LogP contribution in [-0.4, -0.2) is 25.1 Å². The first kappa shape index (κ1) is 19.8. The highest BCUT2D eigenvalue weighted by Gasteiger charge is 2.22. The molecule has 0 aliphatic carbocycles. The minimum Gasteiger partial charge on any atom is -0.507 e. The zero-order chi connectivity index (χ0) is 18.3. The van der Waals surface area contributed by atoms with Gasteiger partial charge in [-0.2, -0.15) is 0 Å².